The van der Waals surface area contributed by atoms with Crippen molar-refractivity contribution < 1.29 is 14.3 Å². The molecule has 5 heteroatoms. The first-order valence-electron chi connectivity index (χ1n) is 6.28. The molecule has 0 aliphatic carbocycles. The second kappa shape index (κ2) is 6.14. The van der Waals surface area contributed by atoms with Crippen LogP contribution in [-0.2, 0) is 6.54 Å². The Bertz CT molecular complexity index is 566. The van der Waals surface area contributed by atoms with E-state index in [2.05, 4.69) is 10.3 Å². The lowest BCUT2D eigenvalue weighted by Crippen LogP contribution is -2.22. The van der Waals surface area contributed by atoms with Crippen molar-refractivity contribution in [2.75, 3.05) is 14.2 Å². The Morgan fingerprint density at radius 1 is 1.25 bits per heavy atom. The first-order chi connectivity index (χ1) is 9.65. The number of benzene rings is 1. The molecule has 2 N–H and O–H groups in total. The molecule has 1 aromatic heterocycles. The summed E-state index contributed by atoms with van der Waals surface area (Å²) in [4.78, 5) is 15.1. The van der Waals surface area contributed by atoms with Crippen molar-refractivity contribution in [1.29, 1.82) is 0 Å². The summed E-state index contributed by atoms with van der Waals surface area (Å²) in [7, 11) is 3.15. The highest BCUT2D eigenvalue weighted by molar-refractivity contribution is 5.95. The topological polar surface area (TPSA) is 63.3 Å². The predicted octanol–water partition coefficient (Wildman–Crippen LogP) is 2.27. The van der Waals surface area contributed by atoms with Crippen molar-refractivity contribution in [2.45, 2.75) is 13.5 Å². The molecule has 0 radical (unpaired) electrons. The van der Waals surface area contributed by atoms with E-state index in [1.807, 2.05) is 25.4 Å². The molecule has 0 saturated carbocycles. The molecule has 0 saturated heterocycles. The monoisotopic (exact) mass is 274 g/mol. The standard InChI is InChI=1S/C15H18N2O3/c1-10-13(19-2)6-12(7-14(10)20-3)15(18)17-9-11-4-5-16-8-11/h4-8,16H,9H2,1-3H3,(H,17,18). The fraction of sp³-hybridized carbons (Fsp3) is 0.267. The highest BCUT2D eigenvalue weighted by Gasteiger charge is 2.13. The summed E-state index contributed by atoms with van der Waals surface area (Å²) in [5.74, 6) is 1.11. The van der Waals surface area contributed by atoms with E-state index in [1.54, 1.807) is 26.4 Å². The van der Waals surface area contributed by atoms with Crippen molar-refractivity contribution in [3.8, 4) is 11.5 Å². The van der Waals surface area contributed by atoms with Crippen LogP contribution in [0, 0.1) is 6.92 Å². The van der Waals surface area contributed by atoms with E-state index in [9.17, 15) is 4.79 Å². The van der Waals surface area contributed by atoms with Crippen LogP contribution < -0.4 is 14.8 Å². The third kappa shape index (κ3) is 2.93. The molecule has 0 unspecified atom stereocenters. The third-order valence-electron chi connectivity index (χ3n) is 3.13. The van der Waals surface area contributed by atoms with Crippen LogP contribution in [0.15, 0.2) is 30.6 Å². The SMILES string of the molecule is COc1cc(C(=O)NCc2cc[nH]c2)cc(OC)c1C. The van der Waals surface area contributed by atoms with Gasteiger partial charge >= 0.3 is 0 Å². The van der Waals surface area contributed by atoms with Crippen LogP contribution >= 0.6 is 0 Å². The summed E-state index contributed by atoms with van der Waals surface area (Å²) in [6.07, 6.45) is 3.66. The first-order valence-corrected chi connectivity index (χ1v) is 6.28. The van der Waals surface area contributed by atoms with Gasteiger partial charge < -0.3 is 19.8 Å². The van der Waals surface area contributed by atoms with Gasteiger partial charge in [-0.15, -0.1) is 0 Å². The lowest BCUT2D eigenvalue weighted by molar-refractivity contribution is 0.0950. The Morgan fingerprint density at radius 2 is 1.90 bits per heavy atom. The lowest BCUT2D eigenvalue weighted by atomic mass is 10.1. The largest absolute Gasteiger partial charge is 0.496 e. The molecule has 1 aromatic carbocycles. The molecule has 0 fully saturated rings. The maximum Gasteiger partial charge on any atom is 0.251 e. The fourth-order valence-corrected chi connectivity index (χ4v) is 1.97. The van der Waals surface area contributed by atoms with Crippen LogP contribution in [0.5, 0.6) is 11.5 Å². The maximum atomic E-state index is 12.2. The normalized spacial score (nSPS) is 10.2. The van der Waals surface area contributed by atoms with Crippen molar-refractivity contribution >= 4 is 5.91 Å². The van der Waals surface area contributed by atoms with E-state index < -0.39 is 0 Å². The number of rotatable bonds is 5. The van der Waals surface area contributed by atoms with Crippen molar-refractivity contribution in [2.24, 2.45) is 0 Å². The molecule has 0 bridgehead atoms. The number of carbonyl (C=O) groups is 1. The van der Waals surface area contributed by atoms with Gasteiger partial charge in [0.2, 0.25) is 0 Å². The van der Waals surface area contributed by atoms with E-state index >= 15 is 0 Å². The Morgan fingerprint density at radius 3 is 2.40 bits per heavy atom. The van der Waals surface area contributed by atoms with E-state index in [4.69, 9.17) is 9.47 Å². The van der Waals surface area contributed by atoms with Gasteiger partial charge in [0.25, 0.3) is 5.91 Å². The summed E-state index contributed by atoms with van der Waals surface area (Å²) in [5, 5.41) is 2.85. The van der Waals surface area contributed by atoms with Gasteiger partial charge in [0.05, 0.1) is 14.2 Å². The molecule has 0 aliphatic heterocycles. The molecule has 1 heterocycles. The Kier molecular flexibility index (Phi) is 4.30. The number of carbonyl (C=O) groups excluding carboxylic acids is 1. The average Bonchev–Trinajstić information content (AvgIpc) is 2.98. The number of H-pyrrole nitrogens is 1. The number of aromatic amines is 1. The summed E-state index contributed by atoms with van der Waals surface area (Å²) in [6.45, 7) is 2.36. The summed E-state index contributed by atoms with van der Waals surface area (Å²) in [5.41, 5.74) is 2.40. The smallest absolute Gasteiger partial charge is 0.251 e. The van der Waals surface area contributed by atoms with Crippen LogP contribution in [0.4, 0.5) is 0 Å². The zero-order valence-electron chi connectivity index (χ0n) is 11.8. The van der Waals surface area contributed by atoms with Crippen LogP contribution in [0.3, 0.4) is 0 Å². The molecular weight excluding hydrogens is 256 g/mol. The molecule has 0 spiro atoms. The molecule has 2 rings (SSSR count). The molecular formula is C15H18N2O3. The van der Waals surface area contributed by atoms with Gasteiger partial charge in [-0.25, -0.2) is 0 Å². The van der Waals surface area contributed by atoms with E-state index in [-0.39, 0.29) is 5.91 Å². The second-order valence-electron chi connectivity index (χ2n) is 4.41. The molecule has 0 atom stereocenters. The summed E-state index contributed by atoms with van der Waals surface area (Å²) >= 11 is 0. The van der Waals surface area contributed by atoms with Gasteiger partial charge in [0, 0.05) is 30.1 Å². The summed E-state index contributed by atoms with van der Waals surface area (Å²) in [6, 6.07) is 5.34. The number of aromatic nitrogens is 1. The Hall–Kier alpha value is -2.43. The molecule has 2 aromatic rings. The van der Waals surface area contributed by atoms with E-state index in [0.29, 0.717) is 23.6 Å². The molecule has 106 valence electrons. The number of hydrogen-bond acceptors (Lipinski definition) is 3. The summed E-state index contributed by atoms with van der Waals surface area (Å²) < 4.78 is 10.5. The molecule has 1 amide bonds. The van der Waals surface area contributed by atoms with Crippen molar-refractivity contribution in [3.63, 3.8) is 0 Å². The fourth-order valence-electron chi connectivity index (χ4n) is 1.97. The number of amides is 1. The number of ether oxygens (including phenoxy) is 2. The second-order valence-corrected chi connectivity index (χ2v) is 4.41. The van der Waals surface area contributed by atoms with Gasteiger partial charge in [0.15, 0.2) is 0 Å². The minimum absolute atomic E-state index is 0.164. The van der Waals surface area contributed by atoms with Gasteiger partial charge in [-0.1, -0.05) is 0 Å². The average molecular weight is 274 g/mol. The number of hydrogen-bond donors (Lipinski definition) is 2. The zero-order valence-corrected chi connectivity index (χ0v) is 11.8. The van der Waals surface area contributed by atoms with Crippen LogP contribution in [0.25, 0.3) is 0 Å². The number of methoxy groups -OCH3 is 2. The quantitative estimate of drug-likeness (QED) is 0.879. The highest BCUT2D eigenvalue weighted by atomic mass is 16.5. The van der Waals surface area contributed by atoms with Crippen molar-refractivity contribution in [1.82, 2.24) is 10.3 Å². The minimum atomic E-state index is -0.164. The Balaban J connectivity index is 2.16. The zero-order chi connectivity index (χ0) is 14.5. The third-order valence-corrected chi connectivity index (χ3v) is 3.13. The lowest BCUT2D eigenvalue weighted by Gasteiger charge is -2.12. The van der Waals surface area contributed by atoms with E-state index in [0.717, 1.165) is 11.1 Å². The highest BCUT2D eigenvalue weighted by Crippen LogP contribution is 2.29. The predicted molar refractivity (Wildman–Crippen MR) is 76.2 cm³/mol. The van der Waals surface area contributed by atoms with Gasteiger partial charge in [-0.2, -0.15) is 0 Å². The van der Waals surface area contributed by atoms with Crippen LogP contribution in [0.1, 0.15) is 21.5 Å². The first kappa shape index (κ1) is 14.0. The maximum absolute atomic E-state index is 12.2. The van der Waals surface area contributed by atoms with Gasteiger partial charge in [0.1, 0.15) is 11.5 Å². The molecule has 20 heavy (non-hydrogen) atoms. The molecule has 5 nitrogen and oxygen atoms in total. The minimum Gasteiger partial charge on any atom is -0.496 e. The van der Waals surface area contributed by atoms with Crippen LogP contribution in [-0.4, -0.2) is 25.1 Å². The van der Waals surface area contributed by atoms with Gasteiger partial charge in [-0.3, -0.25) is 4.79 Å². The van der Waals surface area contributed by atoms with Gasteiger partial charge in [-0.05, 0) is 30.7 Å². The number of nitrogens with one attached hydrogen (secondary N) is 2. The van der Waals surface area contributed by atoms with Crippen LogP contribution in [0.2, 0.25) is 0 Å². The van der Waals surface area contributed by atoms with E-state index in [1.165, 1.54) is 0 Å². The Labute approximate surface area is 117 Å². The van der Waals surface area contributed by atoms with Crippen molar-refractivity contribution in [3.05, 3.63) is 47.3 Å². The molecule has 0 aliphatic rings.